The maximum absolute atomic E-state index is 13.0. The first kappa shape index (κ1) is 14.6. The van der Waals surface area contributed by atoms with E-state index in [1.165, 1.54) is 7.11 Å². The predicted octanol–water partition coefficient (Wildman–Crippen LogP) is 2.40. The highest BCUT2D eigenvalue weighted by atomic mass is 35.5. The Morgan fingerprint density at radius 2 is 2.00 bits per heavy atom. The highest BCUT2D eigenvalue weighted by Crippen LogP contribution is 2.24. The number of methoxy groups -OCH3 is 1. The molecule has 0 amide bonds. The molecule has 0 aliphatic heterocycles. The molecule has 3 nitrogen and oxygen atoms in total. The molecule has 0 aliphatic carbocycles. The molecule has 0 unspecified atom stereocenters. The third-order valence-electron chi connectivity index (χ3n) is 2.13. The lowest BCUT2D eigenvalue weighted by Gasteiger charge is -2.13. The third-order valence-corrected chi connectivity index (χ3v) is 2.44. The second-order valence-corrected chi connectivity index (χ2v) is 4.18. The summed E-state index contributed by atoms with van der Waals surface area (Å²) in [5.41, 5.74) is 0. The van der Waals surface area contributed by atoms with E-state index in [2.05, 4.69) is 4.74 Å². The molecule has 1 N–H and O–H groups in total. The first-order chi connectivity index (χ1) is 7.02. The van der Waals surface area contributed by atoms with Crippen LogP contribution in [0.2, 0.25) is 0 Å². The quantitative estimate of drug-likeness (QED) is 0.403. The van der Waals surface area contributed by atoms with Gasteiger partial charge in [-0.2, -0.15) is 0 Å². The number of hydrogen-bond donors (Lipinski definition) is 1. The van der Waals surface area contributed by atoms with E-state index in [4.69, 9.17) is 16.7 Å². The van der Waals surface area contributed by atoms with E-state index < -0.39 is 11.7 Å². The molecule has 0 spiro atoms. The molecular formula is C10H18ClFO3. The molecule has 0 saturated carbocycles. The number of hydrogen-bond acceptors (Lipinski definition) is 3. The lowest BCUT2D eigenvalue weighted by atomic mass is 10.1. The highest BCUT2D eigenvalue weighted by molar-refractivity contribution is 6.22. The monoisotopic (exact) mass is 240 g/mol. The van der Waals surface area contributed by atoms with Crippen LogP contribution in [-0.4, -0.2) is 29.9 Å². The third kappa shape index (κ3) is 8.63. The van der Waals surface area contributed by atoms with Crippen molar-refractivity contribution in [3.05, 3.63) is 0 Å². The Hall–Kier alpha value is -0.350. The molecule has 0 aromatic rings. The Bertz CT molecular complexity index is 186. The number of aliphatic hydroxyl groups excluding tert-OH is 1. The number of esters is 1. The van der Waals surface area contributed by atoms with Gasteiger partial charge in [0.15, 0.2) is 0 Å². The SMILES string of the molecule is COC(=O)CCCCCC[C@@](F)(Cl)CO. The minimum Gasteiger partial charge on any atom is -0.469 e. The van der Waals surface area contributed by atoms with Crippen LogP contribution < -0.4 is 0 Å². The Labute approximate surface area is 94.6 Å². The van der Waals surface area contributed by atoms with Gasteiger partial charge < -0.3 is 9.84 Å². The summed E-state index contributed by atoms with van der Waals surface area (Å²) in [6, 6.07) is 0. The molecule has 5 heteroatoms. The maximum Gasteiger partial charge on any atom is 0.305 e. The summed E-state index contributed by atoms with van der Waals surface area (Å²) in [6.07, 6.45) is 3.54. The van der Waals surface area contributed by atoms with Crippen LogP contribution in [0.3, 0.4) is 0 Å². The Morgan fingerprint density at radius 1 is 1.40 bits per heavy atom. The maximum atomic E-state index is 13.0. The van der Waals surface area contributed by atoms with E-state index in [1.54, 1.807) is 0 Å². The molecule has 0 aromatic carbocycles. The summed E-state index contributed by atoms with van der Waals surface area (Å²) in [4.78, 5) is 10.7. The van der Waals surface area contributed by atoms with Crippen LogP contribution in [0.5, 0.6) is 0 Å². The van der Waals surface area contributed by atoms with Gasteiger partial charge in [-0.3, -0.25) is 4.79 Å². The summed E-state index contributed by atoms with van der Waals surface area (Å²) >= 11 is 5.32. The summed E-state index contributed by atoms with van der Waals surface area (Å²) in [5, 5.41) is 6.55. The number of aliphatic hydroxyl groups is 1. The molecular weight excluding hydrogens is 223 g/mol. The van der Waals surface area contributed by atoms with Crippen LogP contribution in [0.1, 0.15) is 38.5 Å². The molecule has 0 aliphatic rings. The fourth-order valence-electron chi connectivity index (χ4n) is 1.19. The number of ether oxygens (including phenoxy) is 1. The molecule has 0 radical (unpaired) electrons. The number of carbonyl (C=O) groups excluding carboxylic acids is 1. The Balaban J connectivity index is 3.29. The van der Waals surface area contributed by atoms with Crippen molar-refractivity contribution in [2.75, 3.05) is 13.7 Å². The fourth-order valence-corrected chi connectivity index (χ4v) is 1.32. The summed E-state index contributed by atoms with van der Waals surface area (Å²) in [7, 11) is 1.36. The second-order valence-electron chi connectivity index (χ2n) is 3.50. The minimum absolute atomic E-state index is 0.142. The van der Waals surface area contributed by atoms with E-state index in [0.29, 0.717) is 12.8 Å². The average Bonchev–Trinajstić information content (AvgIpc) is 2.22. The van der Waals surface area contributed by atoms with Crippen molar-refractivity contribution in [1.29, 1.82) is 0 Å². The van der Waals surface area contributed by atoms with Crippen LogP contribution in [0.4, 0.5) is 4.39 Å². The van der Waals surface area contributed by atoms with Gasteiger partial charge in [-0.15, -0.1) is 0 Å². The van der Waals surface area contributed by atoms with E-state index in [0.717, 1.165) is 19.3 Å². The number of alkyl halides is 2. The molecule has 0 saturated heterocycles. The molecule has 0 rings (SSSR count). The normalized spacial score (nSPS) is 14.7. The van der Waals surface area contributed by atoms with Crippen molar-refractivity contribution in [3.63, 3.8) is 0 Å². The number of rotatable bonds is 8. The minimum atomic E-state index is -1.98. The van der Waals surface area contributed by atoms with Gasteiger partial charge in [-0.05, 0) is 19.3 Å². The van der Waals surface area contributed by atoms with Crippen LogP contribution in [-0.2, 0) is 9.53 Å². The molecule has 0 fully saturated rings. The fraction of sp³-hybridized carbons (Fsp3) is 0.900. The predicted molar refractivity (Wildman–Crippen MR) is 56.5 cm³/mol. The highest BCUT2D eigenvalue weighted by Gasteiger charge is 2.23. The van der Waals surface area contributed by atoms with E-state index in [-0.39, 0.29) is 12.4 Å². The van der Waals surface area contributed by atoms with Crippen LogP contribution in [0.15, 0.2) is 0 Å². The number of halogens is 2. The van der Waals surface area contributed by atoms with Gasteiger partial charge in [-0.1, -0.05) is 24.4 Å². The largest absolute Gasteiger partial charge is 0.469 e. The van der Waals surface area contributed by atoms with Gasteiger partial charge in [-0.25, -0.2) is 4.39 Å². The molecule has 0 bridgehead atoms. The summed E-state index contributed by atoms with van der Waals surface area (Å²) < 4.78 is 17.4. The van der Waals surface area contributed by atoms with Gasteiger partial charge in [0.1, 0.15) is 0 Å². The molecule has 90 valence electrons. The van der Waals surface area contributed by atoms with Crippen LogP contribution >= 0.6 is 11.6 Å². The lowest BCUT2D eigenvalue weighted by Crippen LogP contribution is -2.19. The van der Waals surface area contributed by atoms with Crippen molar-refractivity contribution in [2.24, 2.45) is 0 Å². The number of unbranched alkanes of at least 4 members (excludes halogenated alkanes) is 3. The van der Waals surface area contributed by atoms with E-state index in [9.17, 15) is 9.18 Å². The van der Waals surface area contributed by atoms with Crippen molar-refractivity contribution in [3.8, 4) is 0 Å². The zero-order valence-corrected chi connectivity index (χ0v) is 9.73. The molecule has 0 aromatic heterocycles. The van der Waals surface area contributed by atoms with Crippen molar-refractivity contribution < 1.29 is 19.0 Å². The number of carbonyl (C=O) groups is 1. The molecule has 0 heterocycles. The van der Waals surface area contributed by atoms with Gasteiger partial charge >= 0.3 is 5.97 Å². The van der Waals surface area contributed by atoms with Gasteiger partial charge in [0, 0.05) is 6.42 Å². The zero-order valence-electron chi connectivity index (χ0n) is 8.97. The first-order valence-electron chi connectivity index (χ1n) is 5.07. The Kier molecular flexibility index (Phi) is 7.70. The van der Waals surface area contributed by atoms with E-state index >= 15 is 0 Å². The first-order valence-corrected chi connectivity index (χ1v) is 5.45. The molecule has 1 atom stereocenters. The van der Waals surface area contributed by atoms with Crippen molar-refractivity contribution in [1.82, 2.24) is 0 Å². The topological polar surface area (TPSA) is 46.5 Å². The van der Waals surface area contributed by atoms with Crippen LogP contribution in [0.25, 0.3) is 0 Å². The smallest absolute Gasteiger partial charge is 0.305 e. The summed E-state index contributed by atoms with van der Waals surface area (Å²) in [6.45, 7) is -0.656. The van der Waals surface area contributed by atoms with Crippen molar-refractivity contribution >= 4 is 17.6 Å². The van der Waals surface area contributed by atoms with Gasteiger partial charge in [0.05, 0.1) is 13.7 Å². The van der Waals surface area contributed by atoms with E-state index in [1.807, 2.05) is 0 Å². The average molecular weight is 241 g/mol. The Morgan fingerprint density at radius 3 is 2.53 bits per heavy atom. The van der Waals surface area contributed by atoms with Gasteiger partial charge in [0.2, 0.25) is 5.13 Å². The van der Waals surface area contributed by atoms with Crippen molar-refractivity contribution in [2.45, 2.75) is 43.7 Å². The second kappa shape index (κ2) is 7.88. The summed E-state index contributed by atoms with van der Waals surface area (Å²) in [5.74, 6) is -0.220. The lowest BCUT2D eigenvalue weighted by molar-refractivity contribution is -0.140. The standard InChI is InChI=1S/C10H18ClFO3/c1-15-9(14)6-4-2-3-5-7-10(11,12)8-13/h13H,2-8H2,1H3/t10-/m0/s1. The van der Waals surface area contributed by atoms with Gasteiger partial charge in [0.25, 0.3) is 0 Å². The zero-order chi connectivity index (χ0) is 11.7. The van der Waals surface area contributed by atoms with Crippen LogP contribution in [0, 0.1) is 0 Å². The molecule has 15 heavy (non-hydrogen) atoms.